The van der Waals surface area contributed by atoms with E-state index in [1.54, 1.807) is 55.6 Å². The molecule has 12 nitrogen and oxygen atoms in total. The van der Waals surface area contributed by atoms with Gasteiger partial charge in [-0.3, -0.25) is 0 Å². The van der Waals surface area contributed by atoms with Crippen molar-refractivity contribution in [1.82, 2.24) is 18.9 Å². The lowest BCUT2D eigenvalue weighted by atomic mass is 10.0. The first kappa shape index (κ1) is 93.0. The van der Waals surface area contributed by atoms with E-state index >= 15 is 0 Å². The summed E-state index contributed by atoms with van der Waals surface area (Å²) in [6.07, 6.45) is 16.2. The van der Waals surface area contributed by atoms with Crippen molar-refractivity contribution < 1.29 is 42.0 Å². The van der Waals surface area contributed by atoms with Gasteiger partial charge in [0.2, 0.25) is 0 Å². The Balaban J connectivity index is 0.000000146. The van der Waals surface area contributed by atoms with Crippen LogP contribution in [0, 0.1) is 40.1 Å². The maximum Gasteiger partial charge on any atom is 0.125 e. The Hall–Kier alpha value is -13.3. The van der Waals surface area contributed by atoms with Gasteiger partial charge in [-0.1, -0.05) is 223 Å². The minimum atomic E-state index is -0.243. The van der Waals surface area contributed by atoms with Crippen LogP contribution in [0.2, 0.25) is 10.0 Å². The van der Waals surface area contributed by atoms with E-state index in [1.807, 2.05) is 174 Å². The minimum Gasteiger partial charge on any atom is -0.494 e. The fraction of sp³-hybridized carbons (Fsp3) is 0.215. The van der Waals surface area contributed by atoms with Gasteiger partial charge in [0.05, 0.1) is 58.5 Å². The third kappa shape index (κ3) is 27.6. The number of nitriles is 2. The van der Waals surface area contributed by atoms with Gasteiger partial charge in [-0.25, -0.2) is 13.2 Å². The molecule has 0 N–H and O–H groups in total. The van der Waals surface area contributed by atoms with Crippen molar-refractivity contribution in [3.63, 3.8) is 0 Å². The number of benzene rings is 14. The number of halogens is 5. The summed E-state index contributed by atoms with van der Waals surface area (Å²) in [5.41, 5.74) is 8.85. The van der Waals surface area contributed by atoms with Gasteiger partial charge in [-0.2, -0.15) is 29.4 Å². The number of aryl methyl sites for hydroxylation is 3. The van der Waals surface area contributed by atoms with Crippen molar-refractivity contribution in [2.75, 3.05) is 39.6 Å². The van der Waals surface area contributed by atoms with E-state index in [-0.39, 0.29) is 17.5 Å². The van der Waals surface area contributed by atoms with Crippen LogP contribution in [0.25, 0.3) is 97.5 Å². The maximum atomic E-state index is 13.0. The molecule has 0 radical (unpaired) electrons. The molecule has 0 fully saturated rings. The average molecular weight is 1700 g/mol. The molecule has 17 heteroatoms. The van der Waals surface area contributed by atoms with Gasteiger partial charge >= 0.3 is 0 Å². The Morgan fingerprint density at radius 3 is 0.944 bits per heavy atom. The topological polar surface area (TPSA) is 123 Å². The molecule has 0 spiro atoms. The third-order valence-corrected chi connectivity index (χ3v) is 20.0. The molecule has 0 atom stereocenters. The van der Waals surface area contributed by atoms with E-state index in [0.29, 0.717) is 44.2 Å². The molecule has 0 saturated heterocycles. The Labute approximate surface area is 735 Å². The van der Waals surface area contributed by atoms with Gasteiger partial charge < -0.3 is 28.8 Å². The number of fused-ring (bicyclic) bond motifs is 9. The first-order valence-corrected chi connectivity index (χ1v) is 43.1. The van der Waals surface area contributed by atoms with Crippen molar-refractivity contribution in [1.29, 1.82) is 10.5 Å². The van der Waals surface area contributed by atoms with Crippen molar-refractivity contribution in [2.45, 2.75) is 114 Å². The van der Waals surface area contributed by atoms with E-state index in [1.165, 1.54) is 104 Å². The second kappa shape index (κ2) is 49.0. The zero-order chi connectivity index (χ0) is 88.0. The lowest BCUT2D eigenvalue weighted by Gasteiger charge is -2.06. The maximum absolute atomic E-state index is 13.0. The fourth-order valence-corrected chi connectivity index (χ4v) is 14.0. The van der Waals surface area contributed by atoms with Crippen molar-refractivity contribution in [2.24, 2.45) is 0 Å². The molecule has 14 aromatic carbocycles. The molecule has 124 heavy (non-hydrogen) atoms. The van der Waals surface area contributed by atoms with Gasteiger partial charge in [0, 0.05) is 68.5 Å². The molecule has 0 bridgehead atoms. The first-order valence-electron chi connectivity index (χ1n) is 42.4. The summed E-state index contributed by atoms with van der Waals surface area (Å²) in [5, 5.41) is 35.3. The van der Waals surface area contributed by atoms with E-state index in [9.17, 15) is 13.2 Å². The molecule has 4 aromatic heterocycles. The van der Waals surface area contributed by atoms with E-state index in [0.717, 1.165) is 120 Å². The average Bonchev–Trinajstić information content (AvgIpc) is 1.58. The predicted octanol–water partition coefficient (Wildman–Crippen LogP) is 28.5. The van der Waals surface area contributed by atoms with Crippen molar-refractivity contribution in [3.8, 4) is 23.6 Å². The molecular weight excluding hydrogens is 1590 g/mol. The lowest BCUT2D eigenvalue weighted by molar-refractivity contribution is 0.121. The zero-order valence-electron chi connectivity index (χ0n) is 71.9. The van der Waals surface area contributed by atoms with Crippen LogP contribution in [0.4, 0.5) is 13.2 Å². The van der Waals surface area contributed by atoms with Gasteiger partial charge in [-0.15, -0.1) is 0 Å². The molecule has 0 unspecified atom stereocenters. The SMILES string of the molecule is CCCOn1ccc2ccc(C#N)cc21.CCCOn1ccc2ccc(F)cc21.CCCc1ccc2ccc(Cl)cc2c1.CCCc1ccc2ccc(F)cc2c1.CCCc1ccc2ccccc2c1.CCOc1ccc2ccc(Cl)cc2c1.CCOc1ccc2ccccc2c1.CCOn1ccc2ccc(C#N)cc21.CCOn1ccc2ccc(F)cc21. The summed E-state index contributed by atoms with van der Waals surface area (Å²) in [5.74, 6) is 1.19. The van der Waals surface area contributed by atoms with Crippen LogP contribution in [0.15, 0.2) is 316 Å². The van der Waals surface area contributed by atoms with Crippen LogP contribution in [0.1, 0.15) is 122 Å². The second-order valence-corrected chi connectivity index (χ2v) is 29.7. The number of hydrogen-bond donors (Lipinski definition) is 0. The molecular formula is C107H107Cl2F3N6O6. The van der Waals surface area contributed by atoms with Crippen LogP contribution < -0.4 is 28.8 Å². The highest BCUT2D eigenvalue weighted by Crippen LogP contribution is 2.28. The lowest BCUT2D eigenvalue weighted by Crippen LogP contribution is -2.10. The smallest absolute Gasteiger partial charge is 0.125 e. The summed E-state index contributed by atoms with van der Waals surface area (Å²) in [4.78, 5) is 21.6. The van der Waals surface area contributed by atoms with Gasteiger partial charge in [0.25, 0.3) is 0 Å². The molecule has 18 rings (SSSR count). The largest absolute Gasteiger partial charge is 0.494 e. The Morgan fingerprint density at radius 2 is 0.565 bits per heavy atom. The molecule has 636 valence electrons. The van der Waals surface area contributed by atoms with Gasteiger partial charge in [0.1, 0.15) is 55.4 Å². The summed E-state index contributed by atoms with van der Waals surface area (Å²) in [6.45, 7) is 22.4. The van der Waals surface area contributed by atoms with Crippen LogP contribution in [0.3, 0.4) is 0 Å². The minimum absolute atomic E-state index is 0.161. The fourth-order valence-electron chi connectivity index (χ4n) is 13.6. The van der Waals surface area contributed by atoms with Gasteiger partial charge in [-0.05, 0) is 264 Å². The van der Waals surface area contributed by atoms with E-state index in [2.05, 4.69) is 149 Å². The number of ether oxygens (including phenoxy) is 2. The Morgan fingerprint density at radius 1 is 0.266 bits per heavy atom. The van der Waals surface area contributed by atoms with E-state index < -0.39 is 0 Å². The molecule has 0 aliphatic carbocycles. The number of rotatable bonds is 20. The van der Waals surface area contributed by atoms with Crippen molar-refractivity contribution in [3.05, 3.63) is 371 Å². The standard InChI is InChI=1S/C13H13Cl.C13H13F.C13H14.C12H11ClO.C12H12N2O.C12H12O.C11H12FNO.C11H10N2O.C10H10FNO/c2*1-2-3-10-4-5-11-6-7-13(14)9-12(11)8-10;1-2-5-11-8-9-12-6-3-4-7-13(12)10-11;1-2-14-12-6-4-9-3-5-11(13)7-10(9)8-12;1-2-7-15-14-6-5-11-4-3-10(9-13)8-12(11)14;1-2-13-12-8-7-10-5-3-4-6-11(10)9-12;1-2-7-14-13-6-5-9-3-4-10(12)8-11(9)13;1-2-14-13-6-5-10-4-3-9(8-12)7-11(10)13;1-2-13-12-6-5-8-3-4-9(11)7-10(8)12/h2*4-9H,2-3H2,1H3;3-4,6-10H,2,5H2,1H3;3-8H,2H2,1H3;3-6,8H,2,7H2,1H3;3-9H,2H2,1H3;3-6,8H,2,7H2,1H3;3-7H,2H2,1H3;3-7H,2H2,1H3. The quantitative estimate of drug-likeness (QED) is 0.0739. The molecule has 4 heterocycles. The predicted molar refractivity (Wildman–Crippen MR) is 509 cm³/mol. The van der Waals surface area contributed by atoms with Crippen LogP contribution in [-0.2, 0) is 19.3 Å². The third-order valence-electron chi connectivity index (χ3n) is 19.5. The Kier molecular flexibility index (Phi) is 36.7. The highest BCUT2D eigenvalue weighted by atomic mass is 35.5. The second-order valence-electron chi connectivity index (χ2n) is 28.9. The van der Waals surface area contributed by atoms with Crippen molar-refractivity contribution >= 4 is 121 Å². The first-order chi connectivity index (χ1) is 60.5. The summed E-state index contributed by atoms with van der Waals surface area (Å²) < 4.78 is 56.2. The normalized spacial score (nSPS) is 10.5. The summed E-state index contributed by atoms with van der Waals surface area (Å²) in [6, 6.07) is 97.7. The molecule has 0 saturated carbocycles. The number of aromatic nitrogens is 4. The van der Waals surface area contributed by atoms with E-state index in [4.69, 9.17) is 62.5 Å². The monoisotopic (exact) mass is 1700 g/mol. The van der Waals surface area contributed by atoms with Crippen LogP contribution in [0.5, 0.6) is 11.5 Å². The molecule has 0 aliphatic heterocycles. The van der Waals surface area contributed by atoms with Crippen LogP contribution >= 0.6 is 23.2 Å². The molecule has 18 aromatic rings. The summed E-state index contributed by atoms with van der Waals surface area (Å²) in [7, 11) is 0. The summed E-state index contributed by atoms with van der Waals surface area (Å²) >= 11 is 11.9. The highest BCUT2D eigenvalue weighted by Gasteiger charge is 2.09. The van der Waals surface area contributed by atoms with Gasteiger partial charge in [0.15, 0.2) is 0 Å². The van der Waals surface area contributed by atoms with Crippen LogP contribution in [-0.4, -0.2) is 58.6 Å². The number of nitrogens with zero attached hydrogens (tertiary/aromatic N) is 6. The molecule has 0 aliphatic rings. The molecule has 0 amide bonds. The highest BCUT2D eigenvalue weighted by molar-refractivity contribution is 6.31. The Bertz CT molecular complexity index is 6210. The number of hydrogen-bond acceptors (Lipinski definition) is 8. The zero-order valence-corrected chi connectivity index (χ0v) is 73.5.